The molecule has 2 aliphatic carbocycles. The lowest BCUT2D eigenvalue weighted by Gasteiger charge is -2.41. The summed E-state index contributed by atoms with van der Waals surface area (Å²) in [4.78, 5) is 0. The van der Waals surface area contributed by atoms with Crippen LogP contribution in [0.25, 0.3) is 0 Å². The monoisotopic (exact) mass is 308 g/mol. The molecule has 3 unspecified atom stereocenters. The molecule has 23 heavy (non-hydrogen) atoms. The Morgan fingerprint density at radius 2 is 1.83 bits per heavy atom. The number of benzene rings is 2. The molecule has 0 radical (unpaired) electrons. The second-order valence-corrected chi connectivity index (χ2v) is 6.79. The van der Waals surface area contributed by atoms with Gasteiger partial charge >= 0.3 is 0 Å². The molecule has 0 aromatic heterocycles. The van der Waals surface area contributed by atoms with E-state index in [1.54, 1.807) is 7.11 Å². The van der Waals surface area contributed by atoms with Crippen LogP contribution in [-0.2, 0) is 17.6 Å². The summed E-state index contributed by atoms with van der Waals surface area (Å²) in [6, 6.07) is 15.3. The van der Waals surface area contributed by atoms with Crippen LogP contribution in [0.5, 0.6) is 5.75 Å². The van der Waals surface area contributed by atoms with Crippen LogP contribution >= 0.6 is 0 Å². The van der Waals surface area contributed by atoms with Crippen molar-refractivity contribution in [3.05, 3.63) is 64.7 Å². The fourth-order valence-corrected chi connectivity index (χ4v) is 4.63. The molecule has 0 bridgehead atoms. The van der Waals surface area contributed by atoms with Gasteiger partial charge in [-0.25, -0.2) is 0 Å². The van der Waals surface area contributed by atoms with E-state index in [9.17, 15) is 0 Å². The average Bonchev–Trinajstić information content (AvgIpc) is 2.63. The van der Waals surface area contributed by atoms with E-state index in [0.717, 1.165) is 25.0 Å². The average molecular weight is 308 g/mol. The first-order chi connectivity index (χ1) is 11.3. The molecule has 2 heteroatoms. The van der Waals surface area contributed by atoms with E-state index in [-0.39, 0.29) is 0 Å². The van der Waals surface area contributed by atoms with E-state index >= 15 is 0 Å². The Hall–Kier alpha value is -1.80. The molecule has 2 aliphatic rings. The fraction of sp³-hybridized carbons (Fsp3) is 0.429. The topological polar surface area (TPSA) is 18.5 Å². The van der Waals surface area contributed by atoms with Crippen molar-refractivity contribution in [1.29, 1.82) is 0 Å². The van der Waals surface area contributed by atoms with Crippen molar-refractivity contribution in [1.82, 2.24) is 0 Å². The first-order valence-corrected chi connectivity index (χ1v) is 8.58. The zero-order chi connectivity index (χ0) is 15.8. The quantitative estimate of drug-likeness (QED) is 0.833. The van der Waals surface area contributed by atoms with Crippen molar-refractivity contribution in [2.75, 3.05) is 14.2 Å². The van der Waals surface area contributed by atoms with E-state index in [2.05, 4.69) is 42.5 Å². The van der Waals surface area contributed by atoms with Crippen molar-refractivity contribution >= 4 is 0 Å². The minimum absolute atomic E-state index is 0.333. The van der Waals surface area contributed by atoms with Crippen molar-refractivity contribution in [2.24, 2.45) is 0 Å². The van der Waals surface area contributed by atoms with Gasteiger partial charge in [0.2, 0.25) is 0 Å². The molecule has 0 heterocycles. The summed E-state index contributed by atoms with van der Waals surface area (Å²) in [5.41, 5.74) is 5.88. The number of hydrogen-bond donors (Lipinski definition) is 0. The Bertz CT molecular complexity index is 692. The van der Waals surface area contributed by atoms with E-state index < -0.39 is 0 Å². The zero-order valence-electron chi connectivity index (χ0n) is 13.9. The molecule has 0 spiro atoms. The van der Waals surface area contributed by atoms with Crippen molar-refractivity contribution < 1.29 is 9.47 Å². The predicted molar refractivity (Wildman–Crippen MR) is 92.4 cm³/mol. The van der Waals surface area contributed by atoms with Gasteiger partial charge < -0.3 is 9.47 Å². The fourth-order valence-electron chi connectivity index (χ4n) is 4.63. The van der Waals surface area contributed by atoms with Gasteiger partial charge in [0.05, 0.1) is 13.2 Å². The number of methoxy groups -OCH3 is 2. The summed E-state index contributed by atoms with van der Waals surface area (Å²) in [6.07, 6.45) is 4.83. The highest BCUT2D eigenvalue weighted by Gasteiger charge is 2.38. The van der Waals surface area contributed by atoms with Crippen LogP contribution in [0, 0.1) is 0 Å². The van der Waals surface area contributed by atoms with Crippen LogP contribution in [0.2, 0.25) is 0 Å². The van der Waals surface area contributed by atoms with Crippen LogP contribution in [0.4, 0.5) is 0 Å². The van der Waals surface area contributed by atoms with Gasteiger partial charge in [0.1, 0.15) is 5.75 Å². The summed E-state index contributed by atoms with van der Waals surface area (Å²) in [5.74, 6) is 2.09. The maximum Gasteiger partial charge on any atom is 0.122 e. The van der Waals surface area contributed by atoms with Gasteiger partial charge in [-0.3, -0.25) is 0 Å². The predicted octanol–water partition coefficient (Wildman–Crippen LogP) is 4.47. The third-order valence-corrected chi connectivity index (χ3v) is 5.70. The molecule has 2 aromatic carbocycles. The molecular formula is C21H24O2. The van der Waals surface area contributed by atoms with Gasteiger partial charge in [0.15, 0.2) is 0 Å². The standard InChI is InChI=1S/C21H24O2/c1-22-19-10-8-15-9-11-20(23-2)18-13-16(12-17(19)21(15)18)14-6-4-3-5-7-14/h3-8,10,16,18,20H,9,11-13H2,1-2H3. The Morgan fingerprint density at radius 3 is 2.57 bits per heavy atom. The van der Waals surface area contributed by atoms with Crippen LogP contribution < -0.4 is 4.74 Å². The lowest BCUT2D eigenvalue weighted by Crippen LogP contribution is -2.33. The van der Waals surface area contributed by atoms with Crippen LogP contribution in [0.3, 0.4) is 0 Å². The highest BCUT2D eigenvalue weighted by atomic mass is 16.5. The van der Waals surface area contributed by atoms with Gasteiger partial charge in [0.25, 0.3) is 0 Å². The van der Waals surface area contributed by atoms with Gasteiger partial charge in [-0.2, -0.15) is 0 Å². The van der Waals surface area contributed by atoms with Gasteiger partial charge in [-0.1, -0.05) is 36.4 Å². The van der Waals surface area contributed by atoms with Gasteiger partial charge in [-0.05, 0) is 59.9 Å². The third-order valence-electron chi connectivity index (χ3n) is 5.70. The number of aryl methyl sites for hydroxylation is 1. The Kier molecular flexibility index (Phi) is 3.86. The summed E-state index contributed by atoms with van der Waals surface area (Å²) in [7, 11) is 3.65. The molecule has 4 rings (SSSR count). The van der Waals surface area contributed by atoms with Crippen molar-refractivity contribution in [2.45, 2.75) is 43.6 Å². The smallest absolute Gasteiger partial charge is 0.122 e. The van der Waals surface area contributed by atoms with Crippen LogP contribution in [0.1, 0.15) is 46.9 Å². The number of rotatable bonds is 3. The second-order valence-electron chi connectivity index (χ2n) is 6.79. The van der Waals surface area contributed by atoms with Crippen molar-refractivity contribution in [3.63, 3.8) is 0 Å². The van der Waals surface area contributed by atoms with E-state index in [1.165, 1.54) is 28.7 Å². The van der Waals surface area contributed by atoms with Crippen LogP contribution in [0.15, 0.2) is 42.5 Å². The molecule has 0 amide bonds. The summed E-state index contributed by atoms with van der Waals surface area (Å²) < 4.78 is 11.6. The first kappa shape index (κ1) is 14.8. The molecule has 0 aliphatic heterocycles. The van der Waals surface area contributed by atoms with E-state index in [0.29, 0.717) is 17.9 Å². The summed E-state index contributed by atoms with van der Waals surface area (Å²) >= 11 is 0. The minimum atomic E-state index is 0.333. The minimum Gasteiger partial charge on any atom is -0.496 e. The maximum atomic E-state index is 5.86. The largest absolute Gasteiger partial charge is 0.496 e. The van der Waals surface area contributed by atoms with Gasteiger partial charge in [0, 0.05) is 13.0 Å². The highest BCUT2D eigenvalue weighted by Crippen LogP contribution is 2.49. The summed E-state index contributed by atoms with van der Waals surface area (Å²) in [6.45, 7) is 0. The molecular weight excluding hydrogens is 284 g/mol. The number of ether oxygens (including phenoxy) is 2. The van der Waals surface area contributed by atoms with Crippen LogP contribution in [-0.4, -0.2) is 20.3 Å². The number of hydrogen-bond acceptors (Lipinski definition) is 2. The van der Waals surface area contributed by atoms with Crippen molar-refractivity contribution in [3.8, 4) is 5.75 Å². The van der Waals surface area contributed by atoms with E-state index in [1.807, 2.05) is 7.11 Å². The molecule has 2 aromatic rings. The second kappa shape index (κ2) is 6.01. The summed E-state index contributed by atoms with van der Waals surface area (Å²) in [5, 5.41) is 0. The Labute approximate surface area is 138 Å². The molecule has 120 valence electrons. The molecule has 2 nitrogen and oxygen atoms in total. The molecule has 0 fully saturated rings. The third kappa shape index (κ3) is 2.46. The molecule has 0 saturated heterocycles. The lowest BCUT2D eigenvalue weighted by atomic mass is 9.67. The first-order valence-electron chi connectivity index (χ1n) is 8.58. The molecule has 3 atom stereocenters. The van der Waals surface area contributed by atoms with Gasteiger partial charge in [-0.15, -0.1) is 0 Å². The molecule has 0 N–H and O–H groups in total. The normalized spacial score (nSPS) is 25.7. The van der Waals surface area contributed by atoms with E-state index in [4.69, 9.17) is 9.47 Å². The molecule has 0 saturated carbocycles. The highest BCUT2D eigenvalue weighted by molar-refractivity contribution is 5.51. The maximum absolute atomic E-state index is 5.86. The lowest BCUT2D eigenvalue weighted by molar-refractivity contribution is 0.0583. The Balaban J connectivity index is 1.82. The SMILES string of the molecule is COc1ccc2c3c1CC(c1ccccc1)CC3C(OC)CC2. The zero-order valence-corrected chi connectivity index (χ0v) is 13.9. The Morgan fingerprint density at radius 1 is 1.00 bits per heavy atom.